The van der Waals surface area contributed by atoms with Crippen molar-refractivity contribution in [2.24, 2.45) is 0 Å². The van der Waals surface area contributed by atoms with Crippen molar-refractivity contribution in [3.05, 3.63) is 23.9 Å². The highest BCUT2D eigenvalue weighted by molar-refractivity contribution is 5.74. The molecule has 0 saturated carbocycles. The molecule has 2 amide bonds. The van der Waals surface area contributed by atoms with E-state index in [2.05, 4.69) is 15.2 Å². The largest absolute Gasteiger partial charge is 0.378 e. The summed E-state index contributed by atoms with van der Waals surface area (Å²) in [4.78, 5) is 20.5. The monoisotopic (exact) mass is 306 g/mol. The Bertz CT molecular complexity index is 499. The maximum absolute atomic E-state index is 12.1. The van der Waals surface area contributed by atoms with Gasteiger partial charge in [-0.25, -0.2) is 9.78 Å². The Labute approximate surface area is 130 Å². The van der Waals surface area contributed by atoms with Gasteiger partial charge in [0.05, 0.1) is 26.4 Å². The number of ether oxygens (including phenoxy) is 2. The van der Waals surface area contributed by atoms with E-state index in [0.29, 0.717) is 32.8 Å². The maximum atomic E-state index is 12.1. The molecule has 0 spiro atoms. The number of nitrogens with zero attached hydrogens (tertiary/aromatic N) is 3. The van der Waals surface area contributed by atoms with Crippen LogP contribution in [0.5, 0.6) is 0 Å². The molecule has 0 radical (unpaired) electrons. The van der Waals surface area contributed by atoms with E-state index in [1.807, 2.05) is 12.1 Å². The van der Waals surface area contributed by atoms with E-state index in [1.54, 1.807) is 11.1 Å². The molecule has 0 aromatic carbocycles. The van der Waals surface area contributed by atoms with Crippen LogP contribution in [0.4, 0.5) is 10.6 Å². The molecule has 0 atom stereocenters. The molecule has 0 unspecified atom stereocenters. The Kier molecular flexibility index (Phi) is 5.07. The Hall–Kier alpha value is -1.86. The number of rotatable bonds is 3. The normalized spacial score (nSPS) is 19.1. The Morgan fingerprint density at radius 2 is 1.82 bits per heavy atom. The molecule has 3 heterocycles. The minimum absolute atomic E-state index is 0.0342. The lowest BCUT2D eigenvalue weighted by molar-refractivity contribution is 0.0531. The molecule has 1 aromatic rings. The van der Waals surface area contributed by atoms with Gasteiger partial charge >= 0.3 is 6.03 Å². The van der Waals surface area contributed by atoms with E-state index in [1.165, 1.54) is 0 Å². The second kappa shape index (κ2) is 7.42. The smallest absolute Gasteiger partial charge is 0.317 e. The summed E-state index contributed by atoms with van der Waals surface area (Å²) < 4.78 is 10.6. The number of anilines is 1. The summed E-state index contributed by atoms with van der Waals surface area (Å²) in [6, 6.07) is 3.93. The first-order chi connectivity index (χ1) is 10.8. The lowest BCUT2D eigenvalue weighted by Crippen LogP contribution is -2.45. The van der Waals surface area contributed by atoms with E-state index in [-0.39, 0.29) is 6.03 Å². The molecule has 1 aromatic heterocycles. The third kappa shape index (κ3) is 3.86. The summed E-state index contributed by atoms with van der Waals surface area (Å²) in [7, 11) is 0. The van der Waals surface area contributed by atoms with E-state index in [4.69, 9.17) is 9.47 Å². The van der Waals surface area contributed by atoms with Gasteiger partial charge in [-0.2, -0.15) is 0 Å². The van der Waals surface area contributed by atoms with Crippen LogP contribution >= 0.6 is 0 Å². The lowest BCUT2D eigenvalue weighted by atomic mass is 10.2. The predicted octanol–water partition coefficient (Wildman–Crippen LogP) is 0.460. The number of hydrogen-bond acceptors (Lipinski definition) is 5. The van der Waals surface area contributed by atoms with Crippen molar-refractivity contribution in [1.29, 1.82) is 0 Å². The first-order valence-electron chi connectivity index (χ1n) is 7.71. The van der Waals surface area contributed by atoms with Crippen LogP contribution in [0.25, 0.3) is 0 Å². The number of pyridine rings is 1. The number of morpholine rings is 2. The molecule has 7 nitrogen and oxygen atoms in total. The van der Waals surface area contributed by atoms with Crippen LogP contribution in [0.15, 0.2) is 18.3 Å². The average Bonchev–Trinajstić information content (AvgIpc) is 2.61. The van der Waals surface area contributed by atoms with Crippen molar-refractivity contribution in [3.8, 4) is 0 Å². The molecule has 3 rings (SSSR count). The van der Waals surface area contributed by atoms with E-state index < -0.39 is 0 Å². The molecular weight excluding hydrogens is 284 g/mol. The molecular formula is C15H22N4O3. The fraction of sp³-hybridized carbons (Fsp3) is 0.600. The Morgan fingerprint density at radius 1 is 1.14 bits per heavy atom. The summed E-state index contributed by atoms with van der Waals surface area (Å²) in [5, 5.41) is 2.96. The molecule has 0 aliphatic carbocycles. The summed E-state index contributed by atoms with van der Waals surface area (Å²) in [6.07, 6.45) is 1.79. The first kappa shape index (κ1) is 15.1. The van der Waals surface area contributed by atoms with Gasteiger partial charge in [0.1, 0.15) is 5.82 Å². The molecule has 2 fully saturated rings. The second-order valence-corrected chi connectivity index (χ2v) is 5.38. The molecule has 2 aliphatic heterocycles. The number of aromatic nitrogens is 1. The molecule has 2 aliphatic rings. The van der Waals surface area contributed by atoms with Gasteiger partial charge < -0.3 is 24.6 Å². The van der Waals surface area contributed by atoms with Gasteiger partial charge in [0, 0.05) is 38.9 Å². The van der Waals surface area contributed by atoms with Crippen LogP contribution in [0.2, 0.25) is 0 Å². The van der Waals surface area contributed by atoms with Crippen molar-refractivity contribution in [1.82, 2.24) is 15.2 Å². The third-order valence-corrected chi connectivity index (χ3v) is 3.89. The number of hydrogen-bond donors (Lipinski definition) is 1. The van der Waals surface area contributed by atoms with Crippen molar-refractivity contribution in [2.45, 2.75) is 6.54 Å². The third-order valence-electron chi connectivity index (χ3n) is 3.89. The maximum Gasteiger partial charge on any atom is 0.317 e. The molecule has 2 saturated heterocycles. The molecule has 22 heavy (non-hydrogen) atoms. The van der Waals surface area contributed by atoms with Gasteiger partial charge in [-0.15, -0.1) is 0 Å². The Morgan fingerprint density at radius 3 is 2.55 bits per heavy atom. The van der Waals surface area contributed by atoms with Gasteiger partial charge in [-0.3, -0.25) is 0 Å². The van der Waals surface area contributed by atoms with Crippen molar-refractivity contribution in [2.75, 3.05) is 57.5 Å². The van der Waals surface area contributed by atoms with Crippen molar-refractivity contribution in [3.63, 3.8) is 0 Å². The van der Waals surface area contributed by atoms with Gasteiger partial charge in [0.15, 0.2) is 0 Å². The van der Waals surface area contributed by atoms with Crippen molar-refractivity contribution < 1.29 is 14.3 Å². The van der Waals surface area contributed by atoms with Crippen LogP contribution in [-0.4, -0.2) is 68.5 Å². The highest BCUT2D eigenvalue weighted by Crippen LogP contribution is 2.14. The highest BCUT2D eigenvalue weighted by Gasteiger charge is 2.16. The predicted molar refractivity (Wildman–Crippen MR) is 81.9 cm³/mol. The minimum Gasteiger partial charge on any atom is -0.378 e. The van der Waals surface area contributed by atoms with Crippen LogP contribution in [0.1, 0.15) is 5.56 Å². The zero-order valence-electron chi connectivity index (χ0n) is 12.7. The number of amides is 2. The number of carbonyl (C=O) groups excluding carboxylic acids is 1. The quantitative estimate of drug-likeness (QED) is 0.879. The zero-order chi connectivity index (χ0) is 15.2. The van der Waals surface area contributed by atoms with Crippen LogP contribution in [0, 0.1) is 0 Å². The van der Waals surface area contributed by atoms with Crippen LogP contribution in [0.3, 0.4) is 0 Å². The average molecular weight is 306 g/mol. The minimum atomic E-state index is -0.0342. The van der Waals surface area contributed by atoms with Crippen LogP contribution in [-0.2, 0) is 16.0 Å². The van der Waals surface area contributed by atoms with Crippen molar-refractivity contribution >= 4 is 11.8 Å². The summed E-state index contributed by atoms with van der Waals surface area (Å²) in [6.45, 7) is 6.23. The second-order valence-electron chi connectivity index (χ2n) is 5.38. The lowest BCUT2D eigenvalue weighted by Gasteiger charge is -2.28. The summed E-state index contributed by atoms with van der Waals surface area (Å²) >= 11 is 0. The molecule has 120 valence electrons. The highest BCUT2D eigenvalue weighted by atomic mass is 16.5. The zero-order valence-corrected chi connectivity index (χ0v) is 12.7. The van der Waals surface area contributed by atoms with Gasteiger partial charge in [-0.05, 0) is 17.7 Å². The van der Waals surface area contributed by atoms with Gasteiger partial charge in [0.25, 0.3) is 0 Å². The first-order valence-corrected chi connectivity index (χ1v) is 7.71. The number of urea groups is 1. The standard InChI is InChI=1S/C15H22N4O3/c20-15(19-5-9-22-10-6-19)17-12-13-1-2-16-14(11-13)18-3-7-21-8-4-18/h1-2,11H,3-10,12H2,(H,17,20). The molecule has 7 heteroatoms. The fourth-order valence-corrected chi connectivity index (χ4v) is 2.59. The molecule has 1 N–H and O–H groups in total. The summed E-state index contributed by atoms with van der Waals surface area (Å²) in [5.74, 6) is 0.946. The van der Waals surface area contributed by atoms with Gasteiger partial charge in [0.2, 0.25) is 0 Å². The van der Waals surface area contributed by atoms with Gasteiger partial charge in [-0.1, -0.05) is 0 Å². The summed E-state index contributed by atoms with van der Waals surface area (Å²) in [5.41, 5.74) is 1.05. The fourth-order valence-electron chi connectivity index (χ4n) is 2.59. The van der Waals surface area contributed by atoms with E-state index in [9.17, 15) is 4.79 Å². The number of nitrogens with one attached hydrogen (secondary N) is 1. The van der Waals surface area contributed by atoms with Crippen LogP contribution < -0.4 is 10.2 Å². The van der Waals surface area contributed by atoms with E-state index >= 15 is 0 Å². The SMILES string of the molecule is O=C(NCc1ccnc(N2CCOCC2)c1)N1CCOCC1. The topological polar surface area (TPSA) is 66.9 Å². The molecule has 0 bridgehead atoms. The van der Waals surface area contributed by atoms with E-state index in [0.717, 1.165) is 37.7 Å². The number of carbonyl (C=O) groups is 1. The Balaban J connectivity index is 1.54.